The minimum absolute atomic E-state index is 0.154. The molecular formula is C9H9F2N5O3S. The van der Waals surface area contributed by atoms with E-state index in [4.69, 9.17) is 0 Å². The largest absolute Gasteiger partial charge is 0.438 e. The number of carbonyl (C=O) groups is 1. The second kappa shape index (κ2) is 5.86. The molecule has 0 unspecified atom stereocenters. The molecule has 1 amide bonds. The fourth-order valence-corrected chi connectivity index (χ4v) is 1.92. The van der Waals surface area contributed by atoms with Gasteiger partial charge >= 0.3 is 5.76 Å². The van der Waals surface area contributed by atoms with Crippen LogP contribution in [0, 0.1) is 0 Å². The lowest BCUT2D eigenvalue weighted by Crippen LogP contribution is -2.30. The highest BCUT2D eigenvalue weighted by atomic mass is 32.1. The van der Waals surface area contributed by atoms with E-state index in [1.165, 1.54) is 11.9 Å². The van der Waals surface area contributed by atoms with Crippen LogP contribution in [-0.4, -0.2) is 44.1 Å². The van der Waals surface area contributed by atoms with Gasteiger partial charge in [0.25, 0.3) is 12.3 Å². The van der Waals surface area contributed by atoms with Gasteiger partial charge in [0, 0.05) is 20.0 Å². The summed E-state index contributed by atoms with van der Waals surface area (Å²) in [6.07, 6.45) is -2.58. The Kier molecular flexibility index (Phi) is 4.17. The Morgan fingerprint density at radius 1 is 1.55 bits per heavy atom. The summed E-state index contributed by atoms with van der Waals surface area (Å²) in [6.45, 7) is 0.154. The van der Waals surface area contributed by atoms with Crippen molar-refractivity contribution < 1.29 is 18.1 Å². The number of H-pyrrole nitrogens is 1. The topological polar surface area (TPSA) is 105 Å². The SMILES string of the molecule is CN(CCc1noc(=O)[nH]1)C(=O)c1nnsc1C(F)F. The van der Waals surface area contributed by atoms with E-state index in [0.29, 0.717) is 11.5 Å². The van der Waals surface area contributed by atoms with E-state index in [2.05, 4.69) is 24.3 Å². The molecule has 108 valence electrons. The van der Waals surface area contributed by atoms with Crippen LogP contribution in [0.15, 0.2) is 9.32 Å². The predicted molar refractivity (Wildman–Crippen MR) is 62.7 cm³/mol. The maximum Gasteiger partial charge on any atom is 0.438 e. The normalized spacial score (nSPS) is 11.0. The standard InChI is InChI=1S/C9H9F2N5O3S/c1-16(3-2-4-12-9(18)19-14-4)8(17)5-6(7(10)11)20-15-13-5/h7H,2-3H2,1H3,(H,12,14,18). The lowest BCUT2D eigenvalue weighted by molar-refractivity contribution is 0.0778. The second-order valence-corrected chi connectivity index (χ2v) is 4.59. The minimum Gasteiger partial charge on any atom is -0.340 e. The van der Waals surface area contributed by atoms with Gasteiger partial charge in [-0.1, -0.05) is 9.64 Å². The third kappa shape index (κ3) is 3.04. The quantitative estimate of drug-likeness (QED) is 0.860. The molecular weight excluding hydrogens is 296 g/mol. The number of hydrogen-bond donors (Lipinski definition) is 1. The van der Waals surface area contributed by atoms with Crippen molar-refractivity contribution in [2.75, 3.05) is 13.6 Å². The van der Waals surface area contributed by atoms with E-state index in [1.54, 1.807) is 0 Å². The summed E-state index contributed by atoms with van der Waals surface area (Å²) < 4.78 is 32.9. The van der Waals surface area contributed by atoms with Crippen LogP contribution in [-0.2, 0) is 6.42 Å². The number of alkyl halides is 2. The van der Waals surface area contributed by atoms with Gasteiger partial charge in [0.15, 0.2) is 11.5 Å². The van der Waals surface area contributed by atoms with Crippen molar-refractivity contribution in [2.24, 2.45) is 0 Å². The highest BCUT2D eigenvalue weighted by Crippen LogP contribution is 2.25. The summed E-state index contributed by atoms with van der Waals surface area (Å²) in [5.41, 5.74) is -0.360. The zero-order valence-electron chi connectivity index (χ0n) is 10.2. The van der Waals surface area contributed by atoms with Gasteiger partial charge in [-0.2, -0.15) is 0 Å². The summed E-state index contributed by atoms with van der Waals surface area (Å²) in [7, 11) is 1.43. The molecule has 1 N–H and O–H groups in total. The smallest absolute Gasteiger partial charge is 0.340 e. The lowest BCUT2D eigenvalue weighted by atomic mass is 10.3. The maximum absolute atomic E-state index is 12.6. The molecule has 2 heterocycles. The summed E-state index contributed by atoms with van der Waals surface area (Å²) in [6, 6.07) is 0. The number of likely N-dealkylation sites (N-methyl/N-ethyl adjacent to an activating group) is 1. The highest BCUT2D eigenvalue weighted by Gasteiger charge is 2.25. The van der Waals surface area contributed by atoms with Crippen molar-refractivity contribution in [2.45, 2.75) is 12.8 Å². The Hall–Kier alpha value is -2.17. The number of nitrogens with zero attached hydrogens (tertiary/aromatic N) is 4. The van der Waals surface area contributed by atoms with Crippen molar-refractivity contribution in [1.82, 2.24) is 24.6 Å². The van der Waals surface area contributed by atoms with Crippen LogP contribution < -0.4 is 5.76 Å². The first kappa shape index (κ1) is 14.2. The van der Waals surface area contributed by atoms with Crippen LogP contribution in [0.25, 0.3) is 0 Å². The van der Waals surface area contributed by atoms with Crippen molar-refractivity contribution in [3.05, 3.63) is 26.9 Å². The van der Waals surface area contributed by atoms with Gasteiger partial charge in [-0.25, -0.2) is 13.6 Å². The Bertz CT molecular complexity index is 652. The van der Waals surface area contributed by atoms with Crippen molar-refractivity contribution in [1.29, 1.82) is 0 Å². The predicted octanol–water partition coefficient (Wildman–Crippen LogP) is 0.467. The Balaban J connectivity index is 2.01. The summed E-state index contributed by atoms with van der Waals surface area (Å²) in [5.74, 6) is -1.10. The molecule has 0 saturated heterocycles. The lowest BCUT2D eigenvalue weighted by Gasteiger charge is -2.15. The Labute approximate surface area is 114 Å². The zero-order valence-corrected chi connectivity index (χ0v) is 11.0. The minimum atomic E-state index is -2.80. The molecule has 2 aromatic heterocycles. The van der Waals surface area contributed by atoms with Crippen molar-refractivity contribution in [3.63, 3.8) is 0 Å². The number of nitrogens with one attached hydrogen (secondary N) is 1. The van der Waals surface area contributed by atoms with Gasteiger partial charge in [-0.15, -0.1) is 5.10 Å². The van der Waals surface area contributed by atoms with Crippen molar-refractivity contribution in [3.8, 4) is 0 Å². The van der Waals surface area contributed by atoms with Crippen LogP contribution >= 0.6 is 11.5 Å². The van der Waals surface area contributed by atoms with Gasteiger partial charge in [-0.05, 0) is 11.5 Å². The van der Waals surface area contributed by atoms with Crippen LogP contribution in [0.5, 0.6) is 0 Å². The molecule has 0 bridgehead atoms. The number of aromatic nitrogens is 4. The molecule has 0 atom stereocenters. The molecule has 2 rings (SSSR count). The van der Waals surface area contributed by atoms with E-state index < -0.39 is 23.0 Å². The first-order valence-corrected chi connectivity index (χ1v) is 6.17. The number of aromatic amines is 1. The zero-order chi connectivity index (χ0) is 14.7. The average molecular weight is 305 g/mol. The van der Waals surface area contributed by atoms with Crippen molar-refractivity contribution >= 4 is 17.4 Å². The summed E-state index contributed by atoms with van der Waals surface area (Å²) >= 11 is 0.488. The second-order valence-electron chi connectivity index (χ2n) is 3.80. The van der Waals surface area contributed by atoms with E-state index >= 15 is 0 Å². The third-order valence-corrected chi connectivity index (χ3v) is 3.16. The molecule has 0 aliphatic rings. The highest BCUT2D eigenvalue weighted by molar-refractivity contribution is 7.05. The number of hydrogen-bond acceptors (Lipinski definition) is 7. The van der Waals surface area contributed by atoms with E-state index in [1.807, 2.05) is 0 Å². The van der Waals surface area contributed by atoms with Gasteiger partial charge in [-0.3, -0.25) is 14.3 Å². The molecule has 11 heteroatoms. The fraction of sp³-hybridized carbons (Fsp3) is 0.444. The summed E-state index contributed by atoms with van der Waals surface area (Å²) in [4.78, 5) is 25.7. The molecule has 20 heavy (non-hydrogen) atoms. The first-order valence-electron chi connectivity index (χ1n) is 5.39. The van der Waals surface area contributed by atoms with Crippen LogP contribution in [0.3, 0.4) is 0 Å². The van der Waals surface area contributed by atoms with Gasteiger partial charge in [0.1, 0.15) is 4.88 Å². The number of carbonyl (C=O) groups excluding carboxylic acids is 1. The molecule has 0 radical (unpaired) electrons. The number of amides is 1. The fourth-order valence-electron chi connectivity index (χ4n) is 1.41. The summed E-state index contributed by atoms with van der Waals surface area (Å²) in [5, 5.41) is 6.85. The van der Waals surface area contributed by atoms with Gasteiger partial charge < -0.3 is 4.90 Å². The molecule has 0 aromatic carbocycles. The van der Waals surface area contributed by atoms with Crippen LogP contribution in [0.1, 0.15) is 27.6 Å². The molecule has 2 aromatic rings. The molecule has 0 fully saturated rings. The van der Waals surface area contributed by atoms with Gasteiger partial charge in [0.2, 0.25) is 0 Å². The Morgan fingerprint density at radius 3 is 2.90 bits per heavy atom. The van der Waals surface area contributed by atoms with E-state index in [0.717, 1.165) is 0 Å². The Morgan fingerprint density at radius 2 is 2.30 bits per heavy atom. The third-order valence-electron chi connectivity index (χ3n) is 2.43. The van der Waals surface area contributed by atoms with Crippen LogP contribution in [0.2, 0.25) is 0 Å². The first-order chi connectivity index (χ1) is 9.49. The van der Waals surface area contributed by atoms with Gasteiger partial charge in [0.05, 0.1) is 0 Å². The van der Waals surface area contributed by atoms with E-state index in [9.17, 15) is 18.4 Å². The van der Waals surface area contributed by atoms with Crippen LogP contribution in [0.4, 0.5) is 8.78 Å². The number of rotatable bonds is 5. The van der Waals surface area contributed by atoms with E-state index in [-0.39, 0.29) is 24.5 Å². The number of halogens is 2. The molecule has 0 spiro atoms. The molecule has 0 aliphatic carbocycles. The maximum atomic E-state index is 12.6. The monoisotopic (exact) mass is 305 g/mol. The molecule has 0 saturated carbocycles. The average Bonchev–Trinajstić information content (AvgIpc) is 3.03. The molecule has 8 nitrogen and oxygen atoms in total. The molecule has 0 aliphatic heterocycles.